The third-order valence-electron chi connectivity index (χ3n) is 12.5. The van der Waals surface area contributed by atoms with Crippen LogP contribution in [0.4, 0.5) is 0 Å². The van der Waals surface area contributed by atoms with Gasteiger partial charge in [-0.1, -0.05) is 103 Å². The van der Waals surface area contributed by atoms with Crippen molar-refractivity contribution in [3.63, 3.8) is 0 Å². The molecule has 7 nitrogen and oxygen atoms in total. The molecule has 0 aromatic heterocycles. The minimum Gasteiger partial charge on any atom is -0.563 e. The van der Waals surface area contributed by atoms with E-state index in [1.165, 1.54) is 64.2 Å². The maximum atomic E-state index is 7.15. The van der Waals surface area contributed by atoms with Gasteiger partial charge in [-0.2, -0.15) is 0 Å². The first-order valence-corrected chi connectivity index (χ1v) is 22.9. The highest BCUT2D eigenvalue weighted by molar-refractivity contribution is 6.74. The summed E-state index contributed by atoms with van der Waals surface area (Å²) in [7, 11) is 1.47. The van der Waals surface area contributed by atoms with Gasteiger partial charge in [-0.15, -0.1) is 0 Å². The molecule has 5 atom stereocenters. The highest BCUT2D eigenvalue weighted by atomic mass is 28.4. The van der Waals surface area contributed by atoms with Gasteiger partial charge in [-0.05, 0) is 54.4 Å². The van der Waals surface area contributed by atoms with Crippen molar-refractivity contribution in [2.75, 3.05) is 20.8 Å². The van der Waals surface area contributed by atoms with Gasteiger partial charge in [0.1, 0.15) is 5.75 Å². The number of hydrogen-bond donors (Lipinski definition) is 0. The molecule has 0 amide bonds. The maximum absolute atomic E-state index is 7.15. The Morgan fingerprint density at radius 2 is 1.44 bits per heavy atom. The monoisotopic (exact) mass is 712 g/mol. The molecule has 2 aliphatic carbocycles. The van der Waals surface area contributed by atoms with E-state index < -0.39 is 14.1 Å². The smallest absolute Gasteiger partial charge is 0.363 e. The first-order valence-electron chi connectivity index (χ1n) is 20.0. The fraction of sp³-hybridized carbons (Fsp3) is 0.805. The lowest BCUT2D eigenvalue weighted by Gasteiger charge is -2.51. The van der Waals surface area contributed by atoms with Crippen LogP contribution in [0.15, 0.2) is 36.1 Å². The van der Waals surface area contributed by atoms with Gasteiger partial charge in [0.2, 0.25) is 0 Å². The van der Waals surface area contributed by atoms with E-state index in [1.807, 2.05) is 19.2 Å². The number of rotatable bonds is 14. The van der Waals surface area contributed by atoms with Crippen LogP contribution in [0.3, 0.4) is 0 Å². The molecule has 9 heteroatoms. The second kappa shape index (κ2) is 18.1. The molecule has 1 aromatic rings. The van der Waals surface area contributed by atoms with Crippen molar-refractivity contribution in [2.45, 2.75) is 191 Å². The van der Waals surface area contributed by atoms with Gasteiger partial charge in [0.05, 0.1) is 50.5 Å². The lowest BCUT2D eigenvalue weighted by molar-refractivity contribution is -0.342. The van der Waals surface area contributed by atoms with Crippen LogP contribution < -0.4 is 4.74 Å². The summed E-state index contributed by atoms with van der Waals surface area (Å²) in [6.07, 6.45) is 19.1. The number of methoxy groups -OCH3 is 2. The zero-order valence-electron chi connectivity index (χ0n) is 32.8. The van der Waals surface area contributed by atoms with Gasteiger partial charge in [-0.25, -0.2) is 0 Å². The summed E-state index contributed by atoms with van der Waals surface area (Å²) in [6, 6.07) is 8.06. The fourth-order valence-electron chi connectivity index (χ4n) is 8.71. The summed E-state index contributed by atoms with van der Waals surface area (Å²) in [5.41, 5.74) is 1.11. The van der Waals surface area contributed by atoms with Crippen LogP contribution in [-0.2, 0) is 34.6 Å². The third-order valence-corrected chi connectivity index (χ3v) is 17.0. The summed E-state index contributed by atoms with van der Waals surface area (Å²) < 4.78 is 46.2. The van der Waals surface area contributed by atoms with E-state index in [2.05, 4.69) is 59.0 Å². The molecular formula is C41H69BO7Si. The molecule has 2 saturated carbocycles. The van der Waals surface area contributed by atoms with E-state index in [0.717, 1.165) is 36.3 Å². The van der Waals surface area contributed by atoms with Crippen molar-refractivity contribution in [3.8, 4) is 5.75 Å². The topological polar surface area (TPSA) is 64.6 Å². The second-order valence-electron chi connectivity index (χ2n) is 17.3. The predicted molar refractivity (Wildman–Crippen MR) is 205 cm³/mol. The minimum absolute atomic E-state index is 0.0231. The predicted octanol–water partition coefficient (Wildman–Crippen LogP) is 10.6. The molecule has 2 aliphatic heterocycles. The lowest BCUT2D eigenvalue weighted by Crippen LogP contribution is -2.58. The van der Waals surface area contributed by atoms with Gasteiger partial charge < -0.3 is 32.8 Å². The SMILES string of the molecule is C/C=C(\C[C@@H]1C[C@H](OC)C[C@@]2(C[C@@H](O[Si](C)(C)C(C)(C)C)C[C@H](COCc3ccc(OC)cc3)O2)O1)OB(C1CCCCC1)C1CCCCC1. The summed E-state index contributed by atoms with van der Waals surface area (Å²) in [6.45, 7) is 15.1. The molecule has 1 aromatic carbocycles. The van der Waals surface area contributed by atoms with Crippen LogP contribution in [0.1, 0.15) is 130 Å². The van der Waals surface area contributed by atoms with E-state index in [0.29, 0.717) is 44.6 Å². The summed E-state index contributed by atoms with van der Waals surface area (Å²) in [5.74, 6) is 2.46. The second-order valence-corrected chi connectivity index (χ2v) is 22.1. The summed E-state index contributed by atoms with van der Waals surface area (Å²) in [5, 5.41) is 0.106. The van der Waals surface area contributed by atoms with Crippen molar-refractivity contribution >= 4 is 15.2 Å². The van der Waals surface area contributed by atoms with Crippen molar-refractivity contribution in [3.05, 3.63) is 41.7 Å². The molecule has 0 N–H and O–H groups in total. The Hall–Kier alpha value is -1.36. The molecular weight excluding hydrogens is 643 g/mol. The van der Waals surface area contributed by atoms with Crippen LogP contribution in [-0.4, -0.2) is 66.3 Å². The zero-order valence-corrected chi connectivity index (χ0v) is 33.8. The van der Waals surface area contributed by atoms with Gasteiger partial charge in [-0.3, -0.25) is 0 Å². The molecule has 0 radical (unpaired) electrons. The Kier molecular flexibility index (Phi) is 14.4. The van der Waals surface area contributed by atoms with E-state index in [-0.39, 0.29) is 29.5 Å². The van der Waals surface area contributed by atoms with Crippen molar-refractivity contribution in [1.82, 2.24) is 0 Å². The van der Waals surface area contributed by atoms with Crippen molar-refractivity contribution < 1.29 is 32.8 Å². The average molecular weight is 713 g/mol. The van der Waals surface area contributed by atoms with Gasteiger partial charge in [0, 0.05) is 39.2 Å². The molecule has 0 unspecified atom stereocenters. The first-order chi connectivity index (χ1) is 23.9. The lowest BCUT2D eigenvalue weighted by atomic mass is 9.41. The third kappa shape index (κ3) is 10.8. The van der Waals surface area contributed by atoms with Crippen LogP contribution in [0.2, 0.25) is 29.8 Å². The van der Waals surface area contributed by atoms with Crippen LogP contribution >= 0.6 is 0 Å². The molecule has 2 saturated heterocycles. The van der Waals surface area contributed by atoms with E-state index in [1.54, 1.807) is 7.11 Å². The first kappa shape index (κ1) is 39.8. The Bertz CT molecular complexity index is 1170. The molecule has 2 heterocycles. The minimum atomic E-state index is -2.05. The highest BCUT2D eigenvalue weighted by Crippen LogP contribution is 2.47. The summed E-state index contributed by atoms with van der Waals surface area (Å²) >= 11 is 0. The van der Waals surface area contributed by atoms with E-state index in [9.17, 15) is 0 Å². The Labute approximate surface area is 306 Å². The van der Waals surface area contributed by atoms with Crippen molar-refractivity contribution in [1.29, 1.82) is 0 Å². The Morgan fingerprint density at radius 1 is 0.860 bits per heavy atom. The van der Waals surface area contributed by atoms with Gasteiger partial charge >= 0.3 is 6.92 Å². The quantitative estimate of drug-likeness (QED) is 0.141. The molecule has 0 bridgehead atoms. The van der Waals surface area contributed by atoms with Crippen LogP contribution in [0.5, 0.6) is 5.75 Å². The zero-order chi connectivity index (χ0) is 35.8. The molecule has 4 fully saturated rings. The van der Waals surface area contributed by atoms with E-state index in [4.69, 9.17) is 32.8 Å². The molecule has 5 rings (SSSR count). The number of allylic oxidation sites excluding steroid dienone is 1. The number of benzene rings is 1. The highest BCUT2D eigenvalue weighted by Gasteiger charge is 2.51. The largest absolute Gasteiger partial charge is 0.563 e. The Balaban J connectivity index is 1.31. The van der Waals surface area contributed by atoms with E-state index >= 15 is 0 Å². The number of ether oxygens (including phenoxy) is 5. The van der Waals surface area contributed by atoms with Gasteiger partial charge in [0.25, 0.3) is 0 Å². The number of hydrogen-bond acceptors (Lipinski definition) is 7. The van der Waals surface area contributed by atoms with Gasteiger partial charge in [0.15, 0.2) is 14.1 Å². The normalized spacial score (nSPS) is 29.2. The maximum Gasteiger partial charge on any atom is 0.363 e. The fourth-order valence-corrected chi connectivity index (χ4v) is 10.1. The van der Waals surface area contributed by atoms with Crippen LogP contribution in [0.25, 0.3) is 0 Å². The molecule has 1 spiro atoms. The van der Waals surface area contributed by atoms with Crippen LogP contribution in [0, 0.1) is 0 Å². The molecule has 4 aliphatic rings. The standard InChI is InChI=1S/C41H69BO7Si/c1-9-34(48-42(32-16-12-10-13-17-32)33-18-14-11-15-19-33)24-36-25-37(44-6)27-41(46-36)28-38(49-50(7,8)40(2,3)4)26-39(47-41)30-45-29-31-20-22-35(43-5)23-21-31/h9,20-23,32-33,36-39H,10-19,24-30H2,1-8H3/b34-9+/t36-,37+,38+,39-,41-/m1/s1. The molecule has 50 heavy (non-hydrogen) atoms. The summed E-state index contributed by atoms with van der Waals surface area (Å²) in [4.78, 5) is 0. The average Bonchev–Trinajstić information content (AvgIpc) is 3.10. The molecule has 282 valence electrons. The van der Waals surface area contributed by atoms with Crippen molar-refractivity contribution in [2.24, 2.45) is 0 Å². The Morgan fingerprint density at radius 3 is 2.00 bits per heavy atom.